The average Bonchev–Trinajstić information content (AvgIpc) is 2.73. The number of amides is 1. The Bertz CT molecular complexity index is 875. The number of hydrogen-bond donors (Lipinski definition) is 2. The minimum atomic E-state index is 0.0514. The fourth-order valence-electron chi connectivity index (χ4n) is 3.53. The number of guanidine groups is 1. The van der Waals surface area contributed by atoms with Crippen LogP contribution in [0.15, 0.2) is 53.5 Å². The van der Waals surface area contributed by atoms with Crippen LogP contribution in [-0.2, 0) is 17.8 Å². The third-order valence-electron chi connectivity index (χ3n) is 4.94. The van der Waals surface area contributed by atoms with E-state index in [9.17, 15) is 4.79 Å². The van der Waals surface area contributed by atoms with Gasteiger partial charge in [0.05, 0.1) is 12.2 Å². The molecule has 6 nitrogen and oxygen atoms in total. The molecule has 160 valence electrons. The van der Waals surface area contributed by atoms with Gasteiger partial charge in [-0.3, -0.25) is 9.79 Å². The second-order valence-electron chi connectivity index (χ2n) is 7.57. The van der Waals surface area contributed by atoms with Crippen molar-refractivity contribution >= 4 is 23.5 Å². The summed E-state index contributed by atoms with van der Waals surface area (Å²) in [6, 6.07) is 15.4. The molecule has 2 unspecified atom stereocenters. The molecule has 1 heterocycles. The summed E-state index contributed by atoms with van der Waals surface area (Å²) in [7, 11) is 1.74. The maximum atomic E-state index is 12.8. The van der Waals surface area contributed by atoms with Crippen LogP contribution in [0, 0.1) is 0 Å². The van der Waals surface area contributed by atoms with Crippen LogP contribution in [0.25, 0.3) is 0 Å². The van der Waals surface area contributed by atoms with E-state index in [2.05, 4.69) is 15.6 Å². The number of halogens is 1. The summed E-state index contributed by atoms with van der Waals surface area (Å²) in [6.45, 7) is 6.48. The van der Waals surface area contributed by atoms with Crippen LogP contribution in [0.1, 0.15) is 35.3 Å². The lowest BCUT2D eigenvalue weighted by atomic mass is 10.1. The van der Waals surface area contributed by atoms with Gasteiger partial charge in [0.2, 0.25) is 0 Å². The number of carbonyl (C=O) groups is 1. The van der Waals surface area contributed by atoms with Crippen molar-refractivity contribution in [2.24, 2.45) is 4.99 Å². The lowest BCUT2D eigenvalue weighted by Crippen LogP contribution is -2.48. The lowest BCUT2D eigenvalue weighted by molar-refractivity contribution is -0.0586. The summed E-state index contributed by atoms with van der Waals surface area (Å²) in [5.74, 6) is 0.752. The minimum absolute atomic E-state index is 0.0514. The number of rotatable bonds is 5. The van der Waals surface area contributed by atoms with Crippen LogP contribution < -0.4 is 10.6 Å². The molecule has 2 aromatic carbocycles. The van der Waals surface area contributed by atoms with E-state index >= 15 is 0 Å². The molecule has 1 amide bonds. The zero-order chi connectivity index (χ0) is 21.5. The Labute approximate surface area is 183 Å². The third-order valence-corrected chi connectivity index (χ3v) is 5.18. The summed E-state index contributed by atoms with van der Waals surface area (Å²) in [4.78, 5) is 18.9. The molecule has 1 fully saturated rings. The van der Waals surface area contributed by atoms with E-state index in [1.165, 1.54) is 0 Å². The van der Waals surface area contributed by atoms with Crippen LogP contribution in [0.4, 0.5) is 0 Å². The Morgan fingerprint density at radius 1 is 1.07 bits per heavy atom. The number of nitrogens with zero attached hydrogens (tertiary/aromatic N) is 2. The van der Waals surface area contributed by atoms with Crippen molar-refractivity contribution in [3.63, 3.8) is 0 Å². The van der Waals surface area contributed by atoms with Crippen LogP contribution in [0.3, 0.4) is 0 Å². The molecule has 0 bridgehead atoms. The molecule has 1 aliphatic heterocycles. The molecule has 1 saturated heterocycles. The van der Waals surface area contributed by atoms with Gasteiger partial charge in [-0.2, -0.15) is 0 Å². The van der Waals surface area contributed by atoms with Gasteiger partial charge in [-0.25, -0.2) is 0 Å². The molecule has 2 N–H and O–H groups in total. The van der Waals surface area contributed by atoms with E-state index < -0.39 is 0 Å². The van der Waals surface area contributed by atoms with Crippen molar-refractivity contribution in [1.29, 1.82) is 0 Å². The molecule has 0 aromatic heterocycles. The molecular weight excluding hydrogens is 400 g/mol. The second kappa shape index (κ2) is 10.5. The summed E-state index contributed by atoms with van der Waals surface area (Å²) in [6.07, 6.45) is 0.125. The van der Waals surface area contributed by atoms with E-state index in [1.54, 1.807) is 7.05 Å². The zero-order valence-electron chi connectivity index (χ0n) is 17.7. The Morgan fingerprint density at radius 3 is 2.30 bits per heavy atom. The fourth-order valence-corrected chi connectivity index (χ4v) is 3.74. The van der Waals surface area contributed by atoms with Crippen LogP contribution >= 0.6 is 11.6 Å². The molecule has 0 aliphatic carbocycles. The summed E-state index contributed by atoms with van der Waals surface area (Å²) in [5, 5.41) is 7.28. The van der Waals surface area contributed by atoms with Crippen molar-refractivity contribution in [2.45, 2.75) is 39.1 Å². The average molecular weight is 429 g/mol. The van der Waals surface area contributed by atoms with E-state index in [-0.39, 0.29) is 18.1 Å². The molecule has 0 radical (unpaired) electrons. The first-order valence-corrected chi connectivity index (χ1v) is 10.5. The topological polar surface area (TPSA) is 66.0 Å². The van der Waals surface area contributed by atoms with Crippen LogP contribution in [0.5, 0.6) is 0 Å². The highest BCUT2D eigenvalue weighted by Crippen LogP contribution is 2.15. The Hall–Kier alpha value is -2.57. The van der Waals surface area contributed by atoms with Crippen LogP contribution in [-0.4, -0.2) is 49.1 Å². The first-order chi connectivity index (χ1) is 14.4. The van der Waals surface area contributed by atoms with Crippen LogP contribution in [0.2, 0.25) is 5.02 Å². The summed E-state index contributed by atoms with van der Waals surface area (Å²) >= 11 is 6.03. The predicted octanol–water partition coefficient (Wildman–Crippen LogP) is 3.45. The second-order valence-corrected chi connectivity index (χ2v) is 8.01. The molecular formula is C23H29ClN4O2. The fraction of sp³-hybridized carbons (Fsp3) is 0.391. The standard InChI is InChI=1S/C23H29ClN4O2/c1-16-14-28(15-17(2)30-16)22(29)20-9-7-18(8-10-20)12-26-23(25-3)27-13-19-5-4-6-21(24)11-19/h4-11,16-17H,12-15H2,1-3H3,(H2,25,26,27). The van der Waals surface area contributed by atoms with Crippen molar-refractivity contribution in [2.75, 3.05) is 20.1 Å². The molecule has 30 heavy (non-hydrogen) atoms. The third kappa shape index (κ3) is 6.21. The van der Waals surface area contributed by atoms with Gasteiger partial charge >= 0.3 is 0 Å². The monoisotopic (exact) mass is 428 g/mol. The SMILES string of the molecule is CN=C(NCc1ccc(C(=O)N2CC(C)OC(C)C2)cc1)NCc1cccc(Cl)c1. The minimum Gasteiger partial charge on any atom is -0.372 e. The Kier molecular flexibility index (Phi) is 7.71. The number of nitrogens with one attached hydrogen (secondary N) is 2. The van der Waals surface area contributed by atoms with Crippen molar-refractivity contribution in [1.82, 2.24) is 15.5 Å². The van der Waals surface area contributed by atoms with Crippen molar-refractivity contribution < 1.29 is 9.53 Å². The van der Waals surface area contributed by atoms with Gasteiger partial charge < -0.3 is 20.3 Å². The Morgan fingerprint density at radius 2 is 1.70 bits per heavy atom. The highest BCUT2D eigenvalue weighted by molar-refractivity contribution is 6.30. The van der Waals surface area contributed by atoms with Gasteiger partial charge in [-0.15, -0.1) is 0 Å². The maximum Gasteiger partial charge on any atom is 0.254 e. The first kappa shape index (κ1) is 22.1. The molecule has 3 rings (SSSR count). The molecule has 2 aromatic rings. The highest BCUT2D eigenvalue weighted by atomic mass is 35.5. The van der Waals surface area contributed by atoms with Crippen molar-refractivity contribution in [3.8, 4) is 0 Å². The molecule has 2 atom stereocenters. The number of morpholine rings is 1. The van der Waals surface area contributed by atoms with Gasteiger partial charge in [0.15, 0.2) is 5.96 Å². The first-order valence-electron chi connectivity index (χ1n) is 10.2. The van der Waals surface area contributed by atoms with Gasteiger partial charge in [-0.1, -0.05) is 35.9 Å². The van der Waals surface area contributed by atoms with E-state index in [0.29, 0.717) is 42.7 Å². The smallest absolute Gasteiger partial charge is 0.254 e. The highest BCUT2D eigenvalue weighted by Gasteiger charge is 2.26. The Balaban J connectivity index is 1.51. The summed E-state index contributed by atoms with van der Waals surface area (Å²) < 4.78 is 5.71. The van der Waals surface area contributed by atoms with E-state index in [4.69, 9.17) is 16.3 Å². The quantitative estimate of drug-likeness (QED) is 0.565. The van der Waals surface area contributed by atoms with E-state index in [0.717, 1.165) is 11.1 Å². The molecule has 0 spiro atoms. The number of benzene rings is 2. The number of carbonyl (C=O) groups excluding carboxylic acids is 1. The summed E-state index contributed by atoms with van der Waals surface area (Å²) in [5.41, 5.74) is 2.85. The lowest BCUT2D eigenvalue weighted by Gasteiger charge is -2.35. The van der Waals surface area contributed by atoms with Gasteiger partial charge in [0, 0.05) is 43.8 Å². The van der Waals surface area contributed by atoms with Gasteiger partial charge in [0.1, 0.15) is 0 Å². The molecule has 7 heteroatoms. The maximum absolute atomic E-state index is 12.8. The largest absolute Gasteiger partial charge is 0.372 e. The van der Waals surface area contributed by atoms with E-state index in [1.807, 2.05) is 67.3 Å². The normalized spacial score (nSPS) is 19.5. The number of aliphatic imine (C=N–C) groups is 1. The molecule has 1 aliphatic rings. The molecule has 0 saturated carbocycles. The predicted molar refractivity (Wildman–Crippen MR) is 121 cm³/mol. The van der Waals surface area contributed by atoms with Gasteiger partial charge in [0.25, 0.3) is 5.91 Å². The van der Waals surface area contributed by atoms with Crippen molar-refractivity contribution in [3.05, 3.63) is 70.2 Å². The van der Waals surface area contributed by atoms with Gasteiger partial charge in [-0.05, 0) is 49.2 Å². The number of ether oxygens (including phenoxy) is 1. The number of hydrogen-bond acceptors (Lipinski definition) is 3. The zero-order valence-corrected chi connectivity index (χ0v) is 18.4.